The van der Waals surface area contributed by atoms with Gasteiger partial charge in [0.05, 0.1) is 5.69 Å². The molecule has 2 aromatic carbocycles. The Morgan fingerprint density at radius 2 is 1.70 bits per heavy atom. The quantitative estimate of drug-likeness (QED) is 0.451. The topological polar surface area (TPSA) is 12.9 Å². The van der Waals surface area contributed by atoms with Crippen molar-refractivity contribution in [2.75, 3.05) is 0 Å². The van der Waals surface area contributed by atoms with Crippen LogP contribution in [0.2, 0.25) is 0 Å². The Kier molecular flexibility index (Phi) is 2.57. The number of aromatic nitrogens is 1. The predicted octanol–water partition coefficient (Wildman–Crippen LogP) is 5.42. The molecule has 0 radical (unpaired) electrons. The highest BCUT2D eigenvalue weighted by Crippen LogP contribution is 2.35. The van der Waals surface area contributed by atoms with E-state index >= 15 is 0 Å². The standard InChI is InChI=1S/C18H13NS/c1-12-8-9-19-16(10-12)13-6-7-18-15(11-13)14-4-2-3-5-17(14)20-18/h2-11H,1H3. The molecule has 2 aromatic heterocycles. The Morgan fingerprint density at radius 3 is 2.60 bits per heavy atom. The maximum absolute atomic E-state index is 4.48. The number of aryl methyl sites for hydroxylation is 1. The summed E-state index contributed by atoms with van der Waals surface area (Å²) >= 11 is 1.85. The number of pyridine rings is 1. The van der Waals surface area contributed by atoms with Crippen molar-refractivity contribution >= 4 is 31.5 Å². The molecule has 0 N–H and O–H groups in total. The molecule has 4 rings (SSSR count). The zero-order valence-electron chi connectivity index (χ0n) is 11.1. The van der Waals surface area contributed by atoms with Crippen LogP contribution in [0.4, 0.5) is 0 Å². The van der Waals surface area contributed by atoms with E-state index < -0.39 is 0 Å². The first-order valence-corrected chi connectivity index (χ1v) is 7.47. The summed E-state index contributed by atoms with van der Waals surface area (Å²) in [7, 11) is 0. The van der Waals surface area contributed by atoms with Crippen LogP contribution in [-0.2, 0) is 0 Å². The van der Waals surface area contributed by atoms with Crippen LogP contribution in [0.25, 0.3) is 31.4 Å². The van der Waals surface area contributed by atoms with Crippen molar-refractivity contribution in [1.82, 2.24) is 4.98 Å². The van der Waals surface area contributed by atoms with Gasteiger partial charge in [0, 0.05) is 31.9 Å². The second-order valence-corrected chi connectivity index (χ2v) is 6.11. The van der Waals surface area contributed by atoms with E-state index in [-0.39, 0.29) is 0 Å². The molecular formula is C18H13NS. The summed E-state index contributed by atoms with van der Waals surface area (Å²) in [5, 5.41) is 2.66. The van der Waals surface area contributed by atoms with Crippen LogP contribution in [0, 0.1) is 6.92 Å². The monoisotopic (exact) mass is 275 g/mol. The van der Waals surface area contributed by atoms with Gasteiger partial charge in [-0.15, -0.1) is 11.3 Å². The largest absolute Gasteiger partial charge is 0.256 e. The van der Waals surface area contributed by atoms with Gasteiger partial charge in [-0.2, -0.15) is 0 Å². The first-order chi connectivity index (χ1) is 9.81. The third-order valence-corrected chi connectivity index (χ3v) is 4.74. The molecule has 0 atom stereocenters. The Bertz CT molecular complexity index is 921. The lowest BCUT2D eigenvalue weighted by molar-refractivity contribution is 1.29. The highest BCUT2D eigenvalue weighted by Gasteiger charge is 2.07. The molecule has 0 bridgehead atoms. The Labute approximate surface area is 121 Å². The molecule has 0 saturated heterocycles. The van der Waals surface area contributed by atoms with Crippen LogP contribution in [0.1, 0.15) is 5.56 Å². The molecule has 2 heterocycles. The van der Waals surface area contributed by atoms with E-state index in [1.165, 1.54) is 31.3 Å². The molecule has 0 aliphatic carbocycles. The van der Waals surface area contributed by atoms with Crippen molar-refractivity contribution in [1.29, 1.82) is 0 Å². The first kappa shape index (κ1) is 11.6. The summed E-state index contributed by atoms with van der Waals surface area (Å²) in [5.74, 6) is 0. The molecule has 1 nitrogen and oxygen atoms in total. The van der Waals surface area contributed by atoms with Crippen LogP contribution < -0.4 is 0 Å². The average Bonchev–Trinajstić information content (AvgIpc) is 2.85. The summed E-state index contributed by atoms with van der Waals surface area (Å²) in [6.45, 7) is 2.10. The van der Waals surface area contributed by atoms with Gasteiger partial charge in [-0.1, -0.05) is 24.3 Å². The molecule has 0 unspecified atom stereocenters. The van der Waals surface area contributed by atoms with E-state index in [1.807, 2.05) is 23.6 Å². The third kappa shape index (κ3) is 1.81. The normalized spacial score (nSPS) is 11.2. The van der Waals surface area contributed by atoms with Gasteiger partial charge in [0.1, 0.15) is 0 Å². The molecule has 0 aliphatic heterocycles. The van der Waals surface area contributed by atoms with E-state index in [9.17, 15) is 0 Å². The summed E-state index contributed by atoms with van der Waals surface area (Å²) in [6, 6.07) is 19.4. The van der Waals surface area contributed by atoms with Gasteiger partial charge in [-0.3, -0.25) is 4.98 Å². The van der Waals surface area contributed by atoms with Crippen LogP contribution in [0.15, 0.2) is 60.8 Å². The summed E-state index contributed by atoms with van der Waals surface area (Å²) < 4.78 is 2.68. The minimum atomic E-state index is 1.04. The van der Waals surface area contributed by atoms with Crippen molar-refractivity contribution in [3.05, 3.63) is 66.4 Å². The second kappa shape index (κ2) is 4.43. The number of fused-ring (bicyclic) bond motifs is 3. The molecular weight excluding hydrogens is 262 g/mol. The number of hydrogen-bond donors (Lipinski definition) is 0. The molecule has 0 aliphatic rings. The molecule has 0 fully saturated rings. The highest BCUT2D eigenvalue weighted by atomic mass is 32.1. The number of thiophene rings is 1. The first-order valence-electron chi connectivity index (χ1n) is 6.65. The van der Waals surface area contributed by atoms with Crippen LogP contribution >= 0.6 is 11.3 Å². The summed E-state index contributed by atoms with van der Waals surface area (Å²) in [5.41, 5.74) is 3.47. The zero-order valence-corrected chi connectivity index (χ0v) is 11.9. The number of rotatable bonds is 1. The molecule has 0 saturated carbocycles. The molecule has 2 heteroatoms. The van der Waals surface area contributed by atoms with Crippen LogP contribution in [0.5, 0.6) is 0 Å². The van der Waals surface area contributed by atoms with Crippen molar-refractivity contribution in [2.24, 2.45) is 0 Å². The van der Waals surface area contributed by atoms with Gasteiger partial charge in [0.25, 0.3) is 0 Å². The minimum absolute atomic E-state index is 1.04. The number of nitrogens with zero attached hydrogens (tertiary/aromatic N) is 1. The smallest absolute Gasteiger partial charge is 0.0704 e. The van der Waals surface area contributed by atoms with Crippen molar-refractivity contribution < 1.29 is 0 Å². The molecule has 0 amide bonds. The van der Waals surface area contributed by atoms with E-state index in [0.29, 0.717) is 0 Å². The fourth-order valence-corrected chi connectivity index (χ4v) is 3.67. The maximum Gasteiger partial charge on any atom is 0.0704 e. The maximum atomic E-state index is 4.48. The lowest BCUT2D eigenvalue weighted by atomic mass is 10.1. The summed E-state index contributed by atoms with van der Waals surface area (Å²) in [4.78, 5) is 4.48. The minimum Gasteiger partial charge on any atom is -0.256 e. The fraction of sp³-hybridized carbons (Fsp3) is 0.0556. The van der Waals surface area contributed by atoms with E-state index in [1.54, 1.807) is 0 Å². The van der Waals surface area contributed by atoms with Gasteiger partial charge in [0.15, 0.2) is 0 Å². The fourth-order valence-electron chi connectivity index (χ4n) is 2.58. The lowest BCUT2D eigenvalue weighted by Gasteiger charge is -2.02. The second-order valence-electron chi connectivity index (χ2n) is 5.03. The number of benzene rings is 2. The lowest BCUT2D eigenvalue weighted by Crippen LogP contribution is -1.83. The molecule has 0 spiro atoms. The zero-order chi connectivity index (χ0) is 13.5. The highest BCUT2D eigenvalue weighted by molar-refractivity contribution is 7.25. The van der Waals surface area contributed by atoms with Gasteiger partial charge in [0.2, 0.25) is 0 Å². The SMILES string of the molecule is Cc1ccnc(-c2ccc3sc4ccccc4c3c2)c1. The van der Waals surface area contributed by atoms with Gasteiger partial charge < -0.3 is 0 Å². The third-order valence-electron chi connectivity index (χ3n) is 3.59. The Balaban J connectivity index is 2.00. The predicted molar refractivity (Wildman–Crippen MR) is 87.3 cm³/mol. The Morgan fingerprint density at radius 1 is 0.850 bits per heavy atom. The molecule has 20 heavy (non-hydrogen) atoms. The van der Waals surface area contributed by atoms with Gasteiger partial charge in [-0.05, 0) is 42.8 Å². The van der Waals surface area contributed by atoms with Crippen molar-refractivity contribution in [3.63, 3.8) is 0 Å². The molecule has 4 aromatic rings. The average molecular weight is 275 g/mol. The number of hydrogen-bond acceptors (Lipinski definition) is 2. The van der Waals surface area contributed by atoms with Gasteiger partial charge in [-0.25, -0.2) is 0 Å². The van der Waals surface area contributed by atoms with E-state index in [4.69, 9.17) is 0 Å². The van der Waals surface area contributed by atoms with Crippen molar-refractivity contribution in [2.45, 2.75) is 6.92 Å². The summed E-state index contributed by atoms with van der Waals surface area (Å²) in [6.07, 6.45) is 1.88. The van der Waals surface area contributed by atoms with Gasteiger partial charge >= 0.3 is 0 Å². The van der Waals surface area contributed by atoms with E-state index in [2.05, 4.69) is 60.4 Å². The Hall–Kier alpha value is -2.19. The van der Waals surface area contributed by atoms with E-state index in [0.717, 1.165) is 5.69 Å². The van der Waals surface area contributed by atoms with Crippen LogP contribution in [0.3, 0.4) is 0 Å². The van der Waals surface area contributed by atoms with Crippen molar-refractivity contribution in [3.8, 4) is 11.3 Å². The molecule has 96 valence electrons. The van der Waals surface area contributed by atoms with Crippen LogP contribution in [-0.4, -0.2) is 4.98 Å².